The Bertz CT molecular complexity index is 1110. The molecule has 144 valence electrons. The molecule has 0 saturated heterocycles. The predicted molar refractivity (Wildman–Crippen MR) is 107 cm³/mol. The van der Waals surface area contributed by atoms with Crippen molar-refractivity contribution in [1.82, 2.24) is 4.98 Å². The molecule has 7 heteroatoms. The minimum absolute atomic E-state index is 0.0897. The van der Waals surface area contributed by atoms with Crippen LogP contribution in [0.2, 0.25) is 0 Å². The average molecular weight is 386 g/mol. The van der Waals surface area contributed by atoms with Crippen LogP contribution >= 0.6 is 0 Å². The molecule has 7 nitrogen and oxygen atoms in total. The van der Waals surface area contributed by atoms with E-state index in [0.29, 0.717) is 29.2 Å². The highest BCUT2D eigenvalue weighted by atomic mass is 16.3. The van der Waals surface area contributed by atoms with Gasteiger partial charge in [0.2, 0.25) is 5.91 Å². The Kier molecular flexibility index (Phi) is 4.61. The summed E-state index contributed by atoms with van der Waals surface area (Å²) in [5.74, 6) is -0.120. The molecule has 0 aliphatic carbocycles. The molecule has 0 unspecified atom stereocenters. The molecular weight excluding hydrogens is 368 g/mol. The second kappa shape index (κ2) is 7.24. The van der Waals surface area contributed by atoms with Crippen molar-refractivity contribution in [3.05, 3.63) is 66.2 Å². The van der Waals surface area contributed by atoms with Gasteiger partial charge in [-0.25, -0.2) is 0 Å². The summed E-state index contributed by atoms with van der Waals surface area (Å²) in [7, 11) is 0. The van der Waals surface area contributed by atoms with Gasteiger partial charge in [0.1, 0.15) is 6.07 Å². The summed E-state index contributed by atoms with van der Waals surface area (Å²) < 4.78 is 5.30. The van der Waals surface area contributed by atoms with Crippen LogP contribution in [0.3, 0.4) is 0 Å². The first-order valence-corrected chi connectivity index (χ1v) is 9.15. The fourth-order valence-electron chi connectivity index (χ4n) is 3.62. The molecule has 3 heterocycles. The summed E-state index contributed by atoms with van der Waals surface area (Å²) in [5.41, 5.74) is 3.20. The number of rotatable bonds is 2. The molecule has 2 aromatic heterocycles. The molecule has 0 bridgehead atoms. The fourth-order valence-corrected chi connectivity index (χ4v) is 3.62. The molecule has 1 atom stereocenters. The number of hydrogen-bond donors (Lipinski definition) is 0. The van der Waals surface area contributed by atoms with Crippen molar-refractivity contribution < 1.29 is 14.0 Å². The third-order valence-corrected chi connectivity index (χ3v) is 4.92. The van der Waals surface area contributed by atoms with Crippen molar-refractivity contribution in [3.63, 3.8) is 0 Å². The van der Waals surface area contributed by atoms with E-state index < -0.39 is 0 Å². The quantitative estimate of drug-likeness (QED) is 0.671. The van der Waals surface area contributed by atoms with Crippen LogP contribution in [-0.2, 0) is 4.79 Å². The van der Waals surface area contributed by atoms with Crippen molar-refractivity contribution >= 4 is 23.2 Å². The first kappa shape index (κ1) is 18.4. The second-order valence-electron chi connectivity index (χ2n) is 6.88. The van der Waals surface area contributed by atoms with Crippen molar-refractivity contribution in [1.29, 1.82) is 5.26 Å². The van der Waals surface area contributed by atoms with E-state index in [1.807, 2.05) is 31.2 Å². The average Bonchev–Trinajstić information content (AvgIpc) is 3.27. The number of pyridine rings is 1. The minimum atomic E-state index is -0.267. The first-order valence-electron chi connectivity index (χ1n) is 9.15. The van der Waals surface area contributed by atoms with Gasteiger partial charge in [-0.3, -0.25) is 14.6 Å². The summed E-state index contributed by atoms with van der Waals surface area (Å²) in [6.45, 7) is 3.76. The van der Waals surface area contributed by atoms with Gasteiger partial charge in [0.05, 0.1) is 34.9 Å². The Morgan fingerprint density at radius 1 is 1.21 bits per heavy atom. The summed E-state index contributed by atoms with van der Waals surface area (Å²) in [5, 5.41) is 8.97. The molecule has 4 rings (SSSR count). The van der Waals surface area contributed by atoms with E-state index >= 15 is 0 Å². The van der Waals surface area contributed by atoms with Gasteiger partial charge in [0.25, 0.3) is 5.91 Å². The lowest BCUT2D eigenvalue weighted by Crippen LogP contribution is -2.51. The van der Waals surface area contributed by atoms with E-state index in [9.17, 15) is 9.59 Å². The van der Waals surface area contributed by atoms with Gasteiger partial charge < -0.3 is 14.2 Å². The zero-order valence-electron chi connectivity index (χ0n) is 16.0. The number of fused-ring (bicyclic) bond motifs is 1. The van der Waals surface area contributed by atoms with Crippen LogP contribution in [0, 0.1) is 11.3 Å². The highest BCUT2D eigenvalue weighted by Crippen LogP contribution is 2.39. The molecule has 0 fully saturated rings. The maximum Gasteiger partial charge on any atom is 0.294 e. The number of furan rings is 1. The van der Waals surface area contributed by atoms with Gasteiger partial charge in [-0.15, -0.1) is 0 Å². The number of nitrogens with zero attached hydrogens (tertiary/aromatic N) is 4. The third kappa shape index (κ3) is 3.25. The molecule has 0 saturated carbocycles. The second-order valence-corrected chi connectivity index (χ2v) is 6.88. The van der Waals surface area contributed by atoms with Crippen LogP contribution in [0.1, 0.15) is 30.0 Å². The molecular formula is C22H18N4O3. The predicted octanol–water partition coefficient (Wildman–Crippen LogP) is 3.62. The minimum Gasteiger partial charge on any atom is -0.459 e. The summed E-state index contributed by atoms with van der Waals surface area (Å²) in [6, 6.07) is 14.1. The number of amides is 2. The van der Waals surface area contributed by atoms with E-state index in [4.69, 9.17) is 9.68 Å². The van der Waals surface area contributed by atoms with Crippen molar-refractivity contribution in [3.8, 4) is 17.3 Å². The highest BCUT2D eigenvalue weighted by Gasteiger charge is 2.35. The number of hydrogen-bond acceptors (Lipinski definition) is 5. The van der Waals surface area contributed by atoms with E-state index in [2.05, 4.69) is 4.98 Å². The monoisotopic (exact) mass is 386 g/mol. The van der Waals surface area contributed by atoms with Crippen LogP contribution in [-0.4, -0.2) is 29.4 Å². The Hall–Kier alpha value is -3.92. The SMILES string of the molecule is CC(=O)N1c2ccc(-c3ccc(C#N)cn3)cc2N(C(=O)c2ccco2)C[C@@H]1C. The maximum absolute atomic E-state index is 13.1. The Morgan fingerprint density at radius 2 is 2.03 bits per heavy atom. The third-order valence-electron chi connectivity index (χ3n) is 4.92. The molecule has 3 aromatic rings. The van der Waals surface area contributed by atoms with Gasteiger partial charge in [-0.1, -0.05) is 6.07 Å². The van der Waals surface area contributed by atoms with Crippen molar-refractivity contribution in [2.45, 2.75) is 19.9 Å². The standard InChI is InChI=1S/C22H18N4O3/c1-14-13-25(22(28)21-4-3-9-29-21)20-10-17(6-8-19(20)26(14)15(2)27)18-7-5-16(11-23)12-24-18/h3-10,12,14H,13H2,1-2H3/t14-/m0/s1. The van der Waals surface area contributed by atoms with Gasteiger partial charge >= 0.3 is 0 Å². The zero-order chi connectivity index (χ0) is 20.5. The number of anilines is 2. The van der Waals surface area contributed by atoms with Crippen LogP contribution in [0.15, 0.2) is 59.3 Å². The van der Waals surface area contributed by atoms with E-state index in [0.717, 1.165) is 5.56 Å². The molecule has 0 N–H and O–H groups in total. The lowest BCUT2D eigenvalue weighted by molar-refractivity contribution is -0.117. The van der Waals surface area contributed by atoms with Crippen LogP contribution in [0.25, 0.3) is 11.3 Å². The first-order chi connectivity index (χ1) is 14.0. The lowest BCUT2D eigenvalue weighted by atomic mass is 10.0. The normalized spacial score (nSPS) is 15.6. The molecule has 1 aromatic carbocycles. The van der Waals surface area contributed by atoms with Crippen LogP contribution in [0.4, 0.5) is 11.4 Å². The summed E-state index contributed by atoms with van der Waals surface area (Å²) in [6.07, 6.45) is 2.96. The van der Waals surface area contributed by atoms with Gasteiger partial charge in [-0.05, 0) is 43.3 Å². The topological polar surface area (TPSA) is 90.4 Å². The fraction of sp³-hybridized carbons (Fsp3) is 0.182. The van der Waals surface area contributed by atoms with Crippen LogP contribution in [0.5, 0.6) is 0 Å². The van der Waals surface area contributed by atoms with Crippen molar-refractivity contribution in [2.75, 3.05) is 16.3 Å². The Morgan fingerprint density at radius 3 is 2.66 bits per heavy atom. The Labute approximate surface area is 167 Å². The van der Waals surface area contributed by atoms with Crippen LogP contribution < -0.4 is 9.80 Å². The van der Waals surface area contributed by atoms with E-state index in [-0.39, 0.29) is 23.6 Å². The smallest absolute Gasteiger partial charge is 0.294 e. The lowest BCUT2D eigenvalue weighted by Gasteiger charge is -2.40. The largest absolute Gasteiger partial charge is 0.459 e. The summed E-state index contributed by atoms with van der Waals surface area (Å²) >= 11 is 0. The van der Waals surface area contributed by atoms with Gasteiger partial charge in [-0.2, -0.15) is 5.26 Å². The Balaban J connectivity index is 1.83. The number of benzene rings is 1. The highest BCUT2D eigenvalue weighted by molar-refractivity contribution is 6.09. The molecule has 29 heavy (non-hydrogen) atoms. The molecule has 1 aliphatic rings. The van der Waals surface area contributed by atoms with E-state index in [1.54, 1.807) is 34.1 Å². The number of carbonyl (C=O) groups excluding carboxylic acids is 2. The number of aromatic nitrogens is 1. The van der Waals surface area contributed by atoms with Crippen molar-refractivity contribution in [2.24, 2.45) is 0 Å². The molecule has 2 amide bonds. The zero-order valence-corrected chi connectivity index (χ0v) is 16.0. The number of nitriles is 1. The molecule has 1 aliphatic heterocycles. The van der Waals surface area contributed by atoms with E-state index in [1.165, 1.54) is 19.4 Å². The molecule has 0 spiro atoms. The molecule has 0 radical (unpaired) electrons. The van der Waals surface area contributed by atoms with Gasteiger partial charge in [0, 0.05) is 25.2 Å². The maximum atomic E-state index is 13.1. The van der Waals surface area contributed by atoms with Gasteiger partial charge in [0.15, 0.2) is 5.76 Å². The number of carbonyl (C=O) groups is 2. The summed E-state index contributed by atoms with van der Waals surface area (Å²) in [4.78, 5) is 33.0.